The van der Waals surface area contributed by atoms with Gasteiger partial charge in [-0.05, 0) is 22.4 Å². The highest BCUT2D eigenvalue weighted by atomic mass is 16.7. The van der Waals surface area contributed by atoms with Gasteiger partial charge in [0, 0.05) is 17.9 Å². The summed E-state index contributed by atoms with van der Waals surface area (Å²) >= 11 is 0. The minimum atomic E-state index is 0.324. The van der Waals surface area contributed by atoms with E-state index >= 15 is 0 Å². The Bertz CT molecular complexity index is 943. The number of quaternary nitrogens is 1. The summed E-state index contributed by atoms with van der Waals surface area (Å²) in [5.41, 5.74) is 2.77. The highest BCUT2D eigenvalue weighted by Gasteiger charge is 2.33. The molecule has 3 nitrogen and oxygen atoms in total. The Morgan fingerprint density at radius 2 is 1.86 bits per heavy atom. The summed E-state index contributed by atoms with van der Waals surface area (Å²) in [6.45, 7) is 1.44. The van der Waals surface area contributed by atoms with Crippen molar-refractivity contribution >= 4 is 27.2 Å². The zero-order chi connectivity index (χ0) is 14.9. The van der Waals surface area contributed by atoms with Gasteiger partial charge >= 0.3 is 0 Å². The molecule has 3 aromatic rings. The van der Waals surface area contributed by atoms with Crippen LogP contribution in [0, 0.1) is 0 Å². The van der Waals surface area contributed by atoms with E-state index in [4.69, 9.17) is 9.47 Å². The van der Waals surface area contributed by atoms with Gasteiger partial charge in [0.2, 0.25) is 6.79 Å². The molecule has 0 radical (unpaired) electrons. The van der Waals surface area contributed by atoms with Gasteiger partial charge in [-0.1, -0.05) is 24.3 Å². The normalized spacial score (nSPS) is 18.1. The molecule has 0 N–H and O–H groups in total. The van der Waals surface area contributed by atoms with Crippen LogP contribution < -0.4 is 14.0 Å². The van der Waals surface area contributed by atoms with Crippen LogP contribution in [0.25, 0.3) is 21.5 Å². The zero-order valence-electron chi connectivity index (χ0n) is 12.8. The summed E-state index contributed by atoms with van der Waals surface area (Å²) in [4.78, 5) is 0. The quantitative estimate of drug-likeness (QED) is 0.463. The first kappa shape index (κ1) is 12.3. The molecule has 0 unspecified atom stereocenters. The van der Waals surface area contributed by atoms with Crippen LogP contribution in [0.1, 0.15) is 5.56 Å². The molecule has 0 saturated carbocycles. The molecule has 5 rings (SSSR count). The van der Waals surface area contributed by atoms with E-state index in [9.17, 15) is 0 Å². The molecule has 0 spiro atoms. The average molecular weight is 292 g/mol. The third-order valence-electron chi connectivity index (χ3n) is 5.12. The van der Waals surface area contributed by atoms with Crippen LogP contribution in [-0.4, -0.2) is 27.4 Å². The molecule has 2 aliphatic rings. The van der Waals surface area contributed by atoms with E-state index in [1.807, 2.05) is 0 Å². The number of likely N-dealkylation sites (N-methyl/N-ethyl adjacent to an activating group) is 1. The van der Waals surface area contributed by atoms with Crippen LogP contribution in [-0.2, 0) is 6.42 Å². The van der Waals surface area contributed by atoms with Gasteiger partial charge in [0.25, 0.3) is 0 Å². The molecule has 110 valence electrons. The number of ether oxygens (including phenoxy) is 2. The summed E-state index contributed by atoms with van der Waals surface area (Å²) in [7, 11) is 4.58. The van der Waals surface area contributed by atoms with Crippen LogP contribution in [0.2, 0.25) is 0 Å². The van der Waals surface area contributed by atoms with Gasteiger partial charge in [0.15, 0.2) is 11.5 Å². The van der Waals surface area contributed by atoms with E-state index in [-0.39, 0.29) is 0 Å². The van der Waals surface area contributed by atoms with Crippen LogP contribution in [0.15, 0.2) is 36.4 Å². The maximum Gasteiger partial charge on any atom is 0.231 e. The van der Waals surface area contributed by atoms with Crippen molar-refractivity contribution in [3.63, 3.8) is 0 Å². The van der Waals surface area contributed by atoms with Gasteiger partial charge < -0.3 is 9.47 Å². The molecule has 0 aliphatic carbocycles. The fraction of sp³-hybridized carbons (Fsp3) is 0.263. The number of nitrogens with zero attached hydrogens (tertiary/aromatic N) is 1. The molecule has 0 fully saturated rings. The Hall–Kier alpha value is -2.26. The number of benzene rings is 3. The molecular formula is C19H18NO2+. The lowest BCUT2D eigenvalue weighted by Crippen LogP contribution is -2.44. The van der Waals surface area contributed by atoms with E-state index in [0.29, 0.717) is 6.79 Å². The first-order chi connectivity index (χ1) is 10.6. The lowest BCUT2D eigenvalue weighted by molar-refractivity contribution is 0.175. The van der Waals surface area contributed by atoms with Crippen LogP contribution in [0.5, 0.6) is 11.5 Å². The molecule has 2 heterocycles. The van der Waals surface area contributed by atoms with Gasteiger partial charge in [-0.25, -0.2) is 0 Å². The Morgan fingerprint density at radius 3 is 2.77 bits per heavy atom. The second kappa shape index (κ2) is 3.93. The van der Waals surface area contributed by atoms with Gasteiger partial charge in [0.1, 0.15) is 5.69 Å². The lowest BCUT2D eigenvalue weighted by Gasteiger charge is -2.35. The molecule has 0 bridgehead atoms. The lowest BCUT2D eigenvalue weighted by atomic mass is 9.90. The van der Waals surface area contributed by atoms with E-state index in [1.54, 1.807) is 0 Å². The number of hydrogen-bond donors (Lipinski definition) is 0. The zero-order valence-corrected chi connectivity index (χ0v) is 12.8. The summed E-state index contributed by atoms with van der Waals surface area (Å²) < 4.78 is 12.4. The SMILES string of the molecule is C[N+]1(C)CCc2cc3c(c4c2c1cc1ccccc14)OCO3. The smallest absolute Gasteiger partial charge is 0.231 e. The predicted octanol–water partition coefficient (Wildman–Crippen LogP) is 3.84. The number of hydrogen-bond acceptors (Lipinski definition) is 2. The Morgan fingerprint density at radius 1 is 1.00 bits per heavy atom. The van der Waals surface area contributed by atoms with E-state index in [2.05, 4.69) is 50.5 Å². The fourth-order valence-electron chi connectivity index (χ4n) is 3.91. The van der Waals surface area contributed by atoms with Gasteiger partial charge in [-0.15, -0.1) is 0 Å². The molecule has 3 aromatic carbocycles. The standard InChI is InChI=1S/C19H18NO2/c1-20(2)8-7-13-10-16-19(22-11-21-16)18-14-6-4-3-5-12(14)9-15(20)17(13)18/h3-6,9-10H,7-8,11H2,1-2H3/q+1. The number of fused-ring (bicyclic) bond motifs is 4. The van der Waals surface area contributed by atoms with Crippen molar-refractivity contribution in [3.8, 4) is 11.5 Å². The maximum atomic E-state index is 5.84. The van der Waals surface area contributed by atoms with Crippen LogP contribution in [0.3, 0.4) is 0 Å². The third-order valence-corrected chi connectivity index (χ3v) is 5.12. The molecular weight excluding hydrogens is 274 g/mol. The Kier molecular flexibility index (Phi) is 2.20. The van der Waals surface area contributed by atoms with Crippen molar-refractivity contribution in [1.82, 2.24) is 4.48 Å². The summed E-state index contributed by atoms with van der Waals surface area (Å²) in [5, 5.41) is 5.11. The largest absolute Gasteiger partial charge is 0.454 e. The first-order valence-electron chi connectivity index (χ1n) is 7.76. The minimum Gasteiger partial charge on any atom is -0.454 e. The highest BCUT2D eigenvalue weighted by Crippen LogP contribution is 2.50. The molecule has 2 aliphatic heterocycles. The second-order valence-electron chi connectivity index (χ2n) is 6.79. The van der Waals surface area contributed by atoms with Crippen molar-refractivity contribution in [2.45, 2.75) is 6.42 Å². The second-order valence-corrected chi connectivity index (χ2v) is 6.79. The van der Waals surface area contributed by atoms with E-state index in [0.717, 1.165) is 28.9 Å². The Balaban J connectivity index is 2.09. The van der Waals surface area contributed by atoms with E-state index in [1.165, 1.54) is 32.8 Å². The maximum absolute atomic E-state index is 5.84. The van der Waals surface area contributed by atoms with Crippen molar-refractivity contribution in [3.05, 3.63) is 42.0 Å². The minimum absolute atomic E-state index is 0.324. The molecule has 3 heteroatoms. The third kappa shape index (κ3) is 1.44. The molecule has 0 saturated heterocycles. The van der Waals surface area contributed by atoms with Crippen molar-refractivity contribution in [2.75, 3.05) is 27.4 Å². The first-order valence-corrected chi connectivity index (χ1v) is 7.76. The predicted molar refractivity (Wildman–Crippen MR) is 89.8 cm³/mol. The number of rotatable bonds is 0. The molecule has 0 atom stereocenters. The summed E-state index contributed by atoms with van der Waals surface area (Å²) in [6.07, 6.45) is 1.07. The van der Waals surface area contributed by atoms with E-state index < -0.39 is 0 Å². The Labute approximate surface area is 129 Å². The fourth-order valence-corrected chi connectivity index (χ4v) is 3.91. The molecule has 22 heavy (non-hydrogen) atoms. The van der Waals surface area contributed by atoms with Crippen molar-refractivity contribution in [2.24, 2.45) is 0 Å². The van der Waals surface area contributed by atoms with Crippen LogP contribution in [0.4, 0.5) is 5.69 Å². The highest BCUT2D eigenvalue weighted by molar-refractivity contribution is 6.17. The topological polar surface area (TPSA) is 18.5 Å². The monoisotopic (exact) mass is 292 g/mol. The van der Waals surface area contributed by atoms with Gasteiger partial charge in [-0.2, -0.15) is 0 Å². The van der Waals surface area contributed by atoms with Crippen LogP contribution >= 0.6 is 0 Å². The summed E-state index contributed by atoms with van der Waals surface area (Å²) in [6, 6.07) is 13.1. The van der Waals surface area contributed by atoms with Gasteiger partial charge in [-0.3, -0.25) is 4.48 Å². The van der Waals surface area contributed by atoms with Gasteiger partial charge in [0.05, 0.1) is 26.0 Å². The van der Waals surface area contributed by atoms with Crippen molar-refractivity contribution in [1.29, 1.82) is 0 Å². The molecule has 0 aromatic heterocycles. The molecule has 0 amide bonds. The summed E-state index contributed by atoms with van der Waals surface area (Å²) in [5.74, 6) is 1.82. The van der Waals surface area contributed by atoms with Crippen molar-refractivity contribution < 1.29 is 9.47 Å². The average Bonchev–Trinajstić information content (AvgIpc) is 2.98.